The number of carbonyl (C=O) groups is 1. The van der Waals surface area contributed by atoms with E-state index < -0.39 is 5.54 Å². The molecule has 110 valence electrons. The predicted octanol–water partition coefficient (Wildman–Crippen LogP) is 0.485. The second-order valence-electron chi connectivity index (χ2n) is 5.81. The maximum absolute atomic E-state index is 12.2. The van der Waals surface area contributed by atoms with E-state index in [1.165, 1.54) is 6.42 Å². The van der Waals surface area contributed by atoms with E-state index in [4.69, 9.17) is 10.5 Å². The van der Waals surface area contributed by atoms with E-state index >= 15 is 0 Å². The molecule has 1 saturated carbocycles. The molecule has 1 aliphatic carbocycles. The third-order valence-corrected chi connectivity index (χ3v) is 4.36. The molecule has 0 spiro atoms. The van der Waals surface area contributed by atoms with Crippen LogP contribution in [0, 0.1) is 0 Å². The topological polar surface area (TPSA) is 67.6 Å². The molecule has 5 heteroatoms. The van der Waals surface area contributed by atoms with Gasteiger partial charge in [0.1, 0.15) is 0 Å². The van der Waals surface area contributed by atoms with Crippen LogP contribution in [0.4, 0.5) is 0 Å². The molecule has 3 N–H and O–H groups in total. The monoisotopic (exact) mass is 269 g/mol. The highest BCUT2D eigenvalue weighted by molar-refractivity contribution is 5.86. The average Bonchev–Trinajstić information content (AvgIpc) is 2.45. The van der Waals surface area contributed by atoms with Crippen LogP contribution in [0.1, 0.15) is 39.0 Å². The standard InChI is InChI=1S/C14H27N3O2/c1-2-17-8-9-19-12(11-17)10-16-13(18)14(15)6-4-3-5-7-14/h12H,2-11,15H2,1H3,(H,16,18). The number of carbonyl (C=O) groups excluding carboxylic acids is 1. The number of nitrogens with zero attached hydrogens (tertiary/aromatic N) is 1. The van der Waals surface area contributed by atoms with Gasteiger partial charge in [-0.3, -0.25) is 9.69 Å². The second-order valence-corrected chi connectivity index (χ2v) is 5.81. The zero-order chi connectivity index (χ0) is 13.7. The van der Waals surface area contributed by atoms with Gasteiger partial charge in [-0.2, -0.15) is 0 Å². The predicted molar refractivity (Wildman–Crippen MR) is 74.9 cm³/mol. The molecule has 1 amide bonds. The number of ether oxygens (including phenoxy) is 1. The highest BCUT2D eigenvalue weighted by Gasteiger charge is 2.35. The lowest BCUT2D eigenvalue weighted by Crippen LogP contribution is -2.57. The van der Waals surface area contributed by atoms with E-state index in [1.807, 2.05) is 0 Å². The van der Waals surface area contributed by atoms with Crippen LogP contribution in [-0.2, 0) is 9.53 Å². The fourth-order valence-electron chi connectivity index (χ4n) is 2.98. The summed E-state index contributed by atoms with van der Waals surface area (Å²) in [6, 6.07) is 0. The number of nitrogens with one attached hydrogen (secondary N) is 1. The van der Waals surface area contributed by atoms with E-state index in [9.17, 15) is 4.79 Å². The Morgan fingerprint density at radius 2 is 2.16 bits per heavy atom. The minimum Gasteiger partial charge on any atom is -0.374 e. The van der Waals surface area contributed by atoms with Gasteiger partial charge in [0.15, 0.2) is 0 Å². The van der Waals surface area contributed by atoms with Gasteiger partial charge in [0.25, 0.3) is 0 Å². The molecule has 5 nitrogen and oxygen atoms in total. The smallest absolute Gasteiger partial charge is 0.240 e. The normalized spacial score (nSPS) is 28.0. The molecule has 2 fully saturated rings. The molecular weight excluding hydrogens is 242 g/mol. The lowest BCUT2D eigenvalue weighted by Gasteiger charge is -2.35. The fourth-order valence-corrected chi connectivity index (χ4v) is 2.98. The van der Waals surface area contributed by atoms with E-state index in [2.05, 4.69) is 17.1 Å². The van der Waals surface area contributed by atoms with Gasteiger partial charge >= 0.3 is 0 Å². The van der Waals surface area contributed by atoms with E-state index in [1.54, 1.807) is 0 Å². The van der Waals surface area contributed by atoms with Crippen molar-refractivity contribution in [3.8, 4) is 0 Å². The summed E-state index contributed by atoms with van der Waals surface area (Å²) in [5.41, 5.74) is 5.57. The summed E-state index contributed by atoms with van der Waals surface area (Å²) >= 11 is 0. The van der Waals surface area contributed by atoms with Crippen LogP contribution in [0.15, 0.2) is 0 Å². The van der Waals surface area contributed by atoms with Crippen molar-refractivity contribution in [1.29, 1.82) is 0 Å². The first-order chi connectivity index (χ1) is 9.14. The summed E-state index contributed by atoms with van der Waals surface area (Å²) in [7, 11) is 0. The van der Waals surface area contributed by atoms with Crippen LogP contribution >= 0.6 is 0 Å². The van der Waals surface area contributed by atoms with Crippen LogP contribution in [0.5, 0.6) is 0 Å². The van der Waals surface area contributed by atoms with Crippen molar-refractivity contribution in [1.82, 2.24) is 10.2 Å². The van der Waals surface area contributed by atoms with Gasteiger partial charge in [0.05, 0.1) is 18.2 Å². The first kappa shape index (κ1) is 14.8. The fraction of sp³-hybridized carbons (Fsp3) is 0.929. The summed E-state index contributed by atoms with van der Waals surface area (Å²) < 4.78 is 5.68. The van der Waals surface area contributed by atoms with Crippen molar-refractivity contribution in [2.75, 3.05) is 32.8 Å². The lowest BCUT2D eigenvalue weighted by molar-refractivity contribution is -0.128. The third kappa shape index (κ3) is 3.91. The maximum Gasteiger partial charge on any atom is 0.240 e. The molecule has 1 atom stereocenters. The molecule has 0 radical (unpaired) electrons. The van der Waals surface area contributed by atoms with Crippen molar-refractivity contribution in [3.05, 3.63) is 0 Å². The number of hydrogen-bond acceptors (Lipinski definition) is 4. The molecule has 1 saturated heterocycles. The number of rotatable bonds is 4. The molecule has 2 aliphatic rings. The Morgan fingerprint density at radius 3 is 2.84 bits per heavy atom. The molecular formula is C14H27N3O2. The van der Waals surface area contributed by atoms with E-state index in [0.717, 1.165) is 51.9 Å². The molecule has 0 aromatic heterocycles. The first-order valence-electron chi connectivity index (χ1n) is 7.55. The van der Waals surface area contributed by atoms with Crippen molar-refractivity contribution < 1.29 is 9.53 Å². The Hall–Kier alpha value is -0.650. The molecule has 1 unspecified atom stereocenters. The van der Waals surface area contributed by atoms with Crippen LogP contribution in [0.25, 0.3) is 0 Å². The zero-order valence-corrected chi connectivity index (χ0v) is 12.0. The summed E-state index contributed by atoms with van der Waals surface area (Å²) in [6.45, 7) is 6.40. The number of nitrogens with two attached hydrogens (primary N) is 1. The summed E-state index contributed by atoms with van der Waals surface area (Å²) in [6.07, 6.45) is 5.05. The lowest BCUT2D eigenvalue weighted by atomic mass is 9.82. The average molecular weight is 269 g/mol. The molecule has 0 aromatic carbocycles. The third-order valence-electron chi connectivity index (χ3n) is 4.36. The Labute approximate surface area is 115 Å². The number of hydrogen-bond donors (Lipinski definition) is 2. The van der Waals surface area contributed by atoms with Crippen molar-refractivity contribution in [2.24, 2.45) is 5.73 Å². The van der Waals surface area contributed by atoms with Crippen LogP contribution in [0.2, 0.25) is 0 Å². The van der Waals surface area contributed by atoms with Gasteiger partial charge < -0.3 is 15.8 Å². The highest BCUT2D eigenvalue weighted by atomic mass is 16.5. The molecule has 19 heavy (non-hydrogen) atoms. The zero-order valence-electron chi connectivity index (χ0n) is 12.0. The molecule has 2 rings (SSSR count). The molecule has 1 heterocycles. The van der Waals surface area contributed by atoms with E-state index in [0.29, 0.717) is 6.54 Å². The maximum atomic E-state index is 12.2. The van der Waals surface area contributed by atoms with Crippen molar-refractivity contribution in [3.63, 3.8) is 0 Å². The van der Waals surface area contributed by atoms with Gasteiger partial charge in [0.2, 0.25) is 5.91 Å². The van der Waals surface area contributed by atoms with Gasteiger partial charge in [-0.15, -0.1) is 0 Å². The quantitative estimate of drug-likeness (QED) is 0.779. The van der Waals surface area contributed by atoms with Crippen LogP contribution in [-0.4, -0.2) is 55.2 Å². The summed E-state index contributed by atoms with van der Waals surface area (Å²) in [5.74, 6) is 0.00409. The number of likely N-dealkylation sites (N-methyl/N-ethyl adjacent to an activating group) is 1. The minimum atomic E-state index is -0.642. The Kier molecular flexibility index (Phi) is 5.19. The molecule has 0 bridgehead atoms. The van der Waals surface area contributed by atoms with Gasteiger partial charge in [-0.1, -0.05) is 26.2 Å². The van der Waals surface area contributed by atoms with Crippen LogP contribution in [0.3, 0.4) is 0 Å². The van der Waals surface area contributed by atoms with Gasteiger partial charge in [0, 0.05) is 19.6 Å². The van der Waals surface area contributed by atoms with Crippen molar-refractivity contribution in [2.45, 2.75) is 50.7 Å². The largest absolute Gasteiger partial charge is 0.374 e. The van der Waals surface area contributed by atoms with Crippen LogP contribution < -0.4 is 11.1 Å². The number of morpholine rings is 1. The Balaban J connectivity index is 1.76. The summed E-state index contributed by atoms with van der Waals surface area (Å²) in [5, 5.41) is 2.99. The molecule has 1 aliphatic heterocycles. The van der Waals surface area contributed by atoms with Crippen molar-refractivity contribution >= 4 is 5.91 Å². The van der Waals surface area contributed by atoms with Gasteiger partial charge in [-0.25, -0.2) is 0 Å². The second kappa shape index (κ2) is 6.68. The Bertz CT molecular complexity index is 303. The summed E-state index contributed by atoms with van der Waals surface area (Å²) in [4.78, 5) is 14.6. The highest BCUT2D eigenvalue weighted by Crippen LogP contribution is 2.25. The first-order valence-corrected chi connectivity index (χ1v) is 7.55. The van der Waals surface area contributed by atoms with E-state index in [-0.39, 0.29) is 12.0 Å². The molecule has 0 aromatic rings. The Morgan fingerprint density at radius 1 is 1.42 bits per heavy atom. The number of amides is 1. The SMILES string of the molecule is CCN1CCOC(CNC(=O)C2(N)CCCCC2)C1. The van der Waals surface area contributed by atoms with Gasteiger partial charge in [-0.05, 0) is 19.4 Å². The minimum absolute atomic E-state index is 0.00409.